The van der Waals surface area contributed by atoms with Crippen LogP contribution in [0.25, 0.3) is 0 Å². The second-order valence-electron chi connectivity index (χ2n) is 13.3. The highest BCUT2D eigenvalue weighted by molar-refractivity contribution is 7.89. The molecule has 1 unspecified atom stereocenters. The van der Waals surface area contributed by atoms with Gasteiger partial charge in [-0.2, -0.15) is 4.31 Å². The first-order valence-corrected chi connectivity index (χ1v) is 19.3. The van der Waals surface area contributed by atoms with E-state index in [1.807, 2.05) is 43.3 Å². The zero-order chi connectivity index (χ0) is 36.9. The van der Waals surface area contributed by atoms with Crippen LogP contribution < -0.4 is 9.64 Å². The van der Waals surface area contributed by atoms with Crippen molar-refractivity contribution < 1.29 is 46.7 Å². The highest BCUT2D eigenvalue weighted by atomic mass is 32.2. The molecule has 1 fully saturated rings. The zero-order valence-corrected chi connectivity index (χ0v) is 31.6. The van der Waals surface area contributed by atoms with E-state index < -0.39 is 28.3 Å². The molecule has 0 spiro atoms. The van der Waals surface area contributed by atoms with Crippen LogP contribution in [0.15, 0.2) is 71.6 Å². The van der Waals surface area contributed by atoms with Crippen LogP contribution >= 0.6 is 0 Å². The number of aryl methyl sites for hydroxylation is 1. The fourth-order valence-electron chi connectivity index (χ4n) is 6.63. The number of hydrogen-bond acceptors (Lipinski definition) is 11. The summed E-state index contributed by atoms with van der Waals surface area (Å²) in [6, 6.07) is 21.0. The number of anilines is 1. The van der Waals surface area contributed by atoms with Crippen LogP contribution in [-0.4, -0.2) is 123 Å². The smallest absolute Gasteiger partial charge is 0.243 e. The van der Waals surface area contributed by atoms with E-state index in [0.717, 1.165) is 53.2 Å². The number of fused-ring (bicyclic) bond motifs is 1. The Morgan fingerprint density at radius 3 is 2.25 bits per heavy atom. The summed E-state index contributed by atoms with van der Waals surface area (Å²) in [7, 11) is 0.950. The van der Waals surface area contributed by atoms with E-state index in [1.54, 1.807) is 38.5 Å². The lowest BCUT2D eigenvalue weighted by Gasteiger charge is -2.43. The van der Waals surface area contributed by atoms with Gasteiger partial charge in [0.2, 0.25) is 10.0 Å². The Labute approximate surface area is 308 Å². The number of ether oxygens (including phenoxy) is 7. The lowest BCUT2D eigenvalue weighted by atomic mass is 9.85. The maximum atomic E-state index is 14.1. The number of benzene rings is 3. The molecule has 0 saturated carbocycles. The lowest BCUT2D eigenvalue weighted by Crippen LogP contribution is -2.54. The molecule has 1 N–H and O–H groups in total. The first-order valence-electron chi connectivity index (χ1n) is 17.9. The molecule has 12 nitrogen and oxygen atoms in total. The molecule has 4 atom stereocenters. The van der Waals surface area contributed by atoms with Crippen molar-refractivity contribution in [2.24, 2.45) is 0 Å². The summed E-state index contributed by atoms with van der Waals surface area (Å²) in [4.78, 5) is 2.51. The summed E-state index contributed by atoms with van der Waals surface area (Å²) >= 11 is 0. The van der Waals surface area contributed by atoms with Crippen molar-refractivity contribution in [3.8, 4) is 5.75 Å². The van der Waals surface area contributed by atoms with E-state index in [2.05, 4.69) is 11.0 Å². The molecule has 5 rings (SSSR count). The van der Waals surface area contributed by atoms with E-state index in [9.17, 15) is 13.5 Å². The number of piperidine rings is 1. The normalized spacial score (nSPS) is 20.0. The van der Waals surface area contributed by atoms with Gasteiger partial charge in [-0.25, -0.2) is 8.42 Å². The van der Waals surface area contributed by atoms with Gasteiger partial charge in [-0.15, -0.1) is 0 Å². The predicted octanol–water partition coefficient (Wildman–Crippen LogP) is 4.16. The van der Waals surface area contributed by atoms with Gasteiger partial charge in [0, 0.05) is 53.5 Å². The predicted molar refractivity (Wildman–Crippen MR) is 197 cm³/mol. The number of methoxy groups -OCH3 is 3. The average molecular weight is 743 g/mol. The van der Waals surface area contributed by atoms with Crippen molar-refractivity contribution in [1.29, 1.82) is 0 Å². The fraction of sp³-hybridized carbons (Fsp3) is 0.538. The number of nitrogens with zero attached hydrogens (tertiary/aromatic N) is 2. The van der Waals surface area contributed by atoms with Crippen molar-refractivity contribution in [2.45, 2.75) is 55.7 Å². The maximum Gasteiger partial charge on any atom is 0.243 e. The van der Waals surface area contributed by atoms with Crippen LogP contribution in [0.4, 0.5) is 5.69 Å². The first kappa shape index (κ1) is 40.1. The third-order valence-electron chi connectivity index (χ3n) is 9.38. The van der Waals surface area contributed by atoms with E-state index in [1.165, 1.54) is 11.4 Å². The first-order chi connectivity index (χ1) is 25.2. The van der Waals surface area contributed by atoms with Gasteiger partial charge in [-0.3, -0.25) is 0 Å². The largest absolute Gasteiger partial charge is 0.490 e. The van der Waals surface area contributed by atoms with Crippen LogP contribution in [0.1, 0.15) is 34.6 Å². The molecule has 0 aromatic heterocycles. The molecule has 2 aliphatic rings. The molecule has 13 heteroatoms. The molecular formula is C39H54N2O10S. The van der Waals surface area contributed by atoms with Gasteiger partial charge in [0.15, 0.2) is 0 Å². The van der Waals surface area contributed by atoms with Crippen LogP contribution in [0.2, 0.25) is 0 Å². The molecular weight excluding hydrogens is 688 g/mol. The maximum absolute atomic E-state index is 14.1. The van der Waals surface area contributed by atoms with E-state index in [-0.39, 0.29) is 43.7 Å². The number of sulfonamides is 1. The number of rotatable bonds is 20. The van der Waals surface area contributed by atoms with Gasteiger partial charge in [0.1, 0.15) is 18.5 Å². The third-order valence-corrected chi connectivity index (χ3v) is 11.2. The summed E-state index contributed by atoms with van der Waals surface area (Å²) in [5, 5.41) is 10.6. The van der Waals surface area contributed by atoms with Crippen molar-refractivity contribution in [2.75, 3.05) is 92.0 Å². The molecule has 52 heavy (non-hydrogen) atoms. The van der Waals surface area contributed by atoms with Gasteiger partial charge in [-0.05, 0) is 54.3 Å². The summed E-state index contributed by atoms with van der Waals surface area (Å²) in [5.41, 5.74) is 4.84. The number of hydrogen-bond donors (Lipinski definition) is 1. The molecule has 286 valence electrons. The van der Waals surface area contributed by atoms with E-state index >= 15 is 0 Å². The van der Waals surface area contributed by atoms with Gasteiger partial charge >= 0.3 is 0 Å². The minimum atomic E-state index is -3.91. The van der Waals surface area contributed by atoms with Crippen molar-refractivity contribution in [1.82, 2.24) is 4.31 Å². The highest BCUT2D eigenvalue weighted by Gasteiger charge is 2.44. The second-order valence-corrected chi connectivity index (χ2v) is 15.2. The Hall–Kier alpha value is -3.11. The molecule has 1 saturated heterocycles. The van der Waals surface area contributed by atoms with Gasteiger partial charge in [-0.1, -0.05) is 48.0 Å². The van der Waals surface area contributed by atoms with Crippen molar-refractivity contribution in [3.05, 3.63) is 89.0 Å². The van der Waals surface area contributed by atoms with Gasteiger partial charge in [0.05, 0.1) is 69.0 Å². The minimum Gasteiger partial charge on any atom is -0.490 e. The molecule has 3 aromatic carbocycles. The van der Waals surface area contributed by atoms with Crippen molar-refractivity contribution >= 4 is 15.7 Å². The van der Waals surface area contributed by atoms with E-state index in [4.69, 9.17) is 33.2 Å². The van der Waals surface area contributed by atoms with Crippen molar-refractivity contribution in [3.63, 3.8) is 0 Å². The monoisotopic (exact) mass is 742 g/mol. The summed E-state index contributed by atoms with van der Waals surface area (Å²) in [5.74, 6) is 0.474. The zero-order valence-electron chi connectivity index (χ0n) is 30.8. The average Bonchev–Trinajstić information content (AvgIpc) is 3.15. The Balaban J connectivity index is 1.45. The topological polar surface area (TPSA) is 125 Å². The Morgan fingerprint density at radius 2 is 1.54 bits per heavy atom. The Kier molecular flexibility index (Phi) is 15.3. The van der Waals surface area contributed by atoms with E-state index in [0.29, 0.717) is 33.0 Å². The molecule has 3 aromatic rings. The minimum absolute atomic E-state index is 0.0324. The molecule has 0 radical (unpaired) electrons. The second kappa shape index (κ2) is 19.8. The molecule has 0 aliphatic carbocycles. The molecule has 0 bridgehead atoms. The van der Waals surface area contributed by atoms with Crippen LogP contribution in [-0.2, 0) is 51.7 Å². The van der Waals surface area contributed by atoms with Crippen LogP contribution in [0.5, 0.6) is 5.75 Å². The Morgan fingerprint density at radius 1 is 0.827 bits per heavy atom. The SMILES string of the molecule is COCCCN1CCOc2ccc(CO[C@H]3CN(S(=O)(=O)c4ccc(C)cc4)C[C@@H](OCC(O)COC)[C@@H]3c3ccc(COCCOC)cc3)cc21. The Bertz CT molecular complexity index is 1620. The van der Waals surface area contributed by atoms with Gasteiger partial charge < -0.3 is 43.2 Å². The lowest BCUT2D eigenvalue weighted by molar-refractivity contribution is -0.0997. The fourth-order valence-corrected chi connectivity index (χ4v) is 8.09. The quantitative estimate of drug-likeness (QED) is 0.168. The number of aliphatic hydroxyl groups excluding tert-OH is 1. The molecule has 0 amide bonds. The van der Waals surface area contributed by atoms with Crippen LogP contribution in [0.3, 0.4) is 0 Å². The standard InChI is InChI=1S/C39H54N2O10S/c1-29-6-13-34(14-7-29)52(43,44)41-23-37(50-26-31-10-15-36-35(22-31)40(17-19-49-36)16-5-18-45-2)39(38(24-41)51-28-33(42)27-47-4)32-11-8-30(9-12-32)25-48-21-20-46-3/h6-15,22,33,37-39,42H,5,16-21,23-28H2,1-4H3/t33?,37-,38+,39+/m0/s1. The van der Waals surface area contributed by atoms with Crippen LogP contribution in [0, 0.1) is 6.92 Å². The molecule has 2 aliphatic heterocycles. The summed E-state index contributed by atoms with van der Waals surface area (Å²) < 4.78 is 70.1. The highest BCUT2D eigenvalue weighted by Crippen LogP contribution is 2.37. The number of aliphatic hydroxyl groups is 1. The molecule has 2 heterocycles. The summed E-state index contributed by atoms with van der Waals surface area (Å²) in [6.07, 6.45) is -1.22. The van der Waals surface area contributed by atoms with Gasteiger partial charge in [0.25, 0.3) is 0 Å². The third kappa shape index (κ3) is 10.7. The summed E-state index contributed by atoms with van der Waals surface area (Å²) in [6.45, 7) is 6.75.